The lowest BCUT2D eigenvalue weighted by atomic mass is 9.80. The van der Waals surface area contributed by atoms with Crippen LogP contribution in [0.5, 0.6) is 5.75 Å². The Morgan fingerprint density at radius 2 is 1.55 bits per heavy atom. The van der Waals surface area contributed by atoms with Crippen LogP contribution in [0.25, 0.3) is 0 Å². The first-order valence-electron chi connectivity index (χ1n) is 11.3. The quantitative estimate of drug-likeness (QED) is 0.197. The molecule has 0 amide bonds. The number of dihydropyridines is 1. The number of nitro benzene ring substituents is 1. The number of ether oxygens (including phenoxy) is 3. The summed E-state index contributed by atoms with van der Waals surface area (Å²) in [6.45, 7) is 2.19. The third-order valence-electron chi connectivity index (χ3n) is 5.66. The van der Waals surface area contributed by atoms with Crippen LogP contribution in [0.2, 0.25) is 0 Å². The Morgan fingerprint density at radius 1 is 0.921 bits per heavy atom. The minimum Gasteiger partial charge on any atom is -0.497 e. The van der Waals surface area contributed by atoms with Crippen molar-refractivity contribution >= 4 is 17.6 Å². The Balaban J connectivity index is 1.95. The van der Waals surface area contributed by atoms with Gasteiger partial charge in [0, 0.05) is 23.5 Å². The maximum Gasteiger partial charge on any atom is 0.337 e. The fraction of sp³-hybridized carbons (Fsp3) is 0.280. The molecule has 200 valence electrons. The standard InChI is InChI=1S/C25H25N3O10/c1-15-21(24(29)36-11-12-38-28(33)34)23(18-5-4-6-19(13-18)27(31)32)22(16(2)26-15)25(30)37-14-17-7-9-20(35-3)10-8-17/h4-10,13,23,26H,11-12,14H2,1-3H3. The molecule has 2 aromatic rings. The van der Waals surface area contributed by atoms with Crippen molar-refractivity contribution in [2.75, 3.05) is 20.3 Å². The number of non-ortho nitro benzene ring substituents is 1. The molecule has 13 heteroatoms. The summed E-state index contributed by atoms with van der Waals surface area (Å²) >= 11 is 0. The summed E-state index contributed by atoms with van der Waals surface area (Å²) in [5.41, 5.74) is 1.49. The topological polar surface area (TPSA) is 169 Å². The average molecular weight is 527 g/mol. The van der Waals surface area contributed by atoms with Crippen molar-refractivity contribution in [1.29, 1.82) is 0 Å². The van der Waals surface area contributed by atoms with Gasteiger partial charge < -0.3 is 24.4 Å². The molecule has 0 spiro atoms. The average Bonchev–Trinajstić information content (AvgIpc) is 2.89. The predicted molar refractivity (Wildman–Crippen MR) is 131 cm³/mol. The van der Waals surface area contributed by atoms with E-state index in [4.69, 9.17) is 14.2 Å². The minimum atomic E-state index is -1.08. The predicted octanol–water partition coefficient (Wildman–Crippen LogP) is 3.33. The number of hydrogen-bond donors (Lipinski definition) is 1. The van der Waals surface area contributed by atoms with E-state index in [1.54, 1.807) is 44.2 Å². The number of benzene rings is 2. The number of nitrogens with zero attached hydrogens (tertiary/aromatic N) is 2. The Bertz CT molecular complexity index is 1300. The van der Waals surface area contributed by atoms with Crippen molar-refractivity contribution in [2.45, 2.75) is 26.4 Å². The number of nitro groups is 1. The highest BCUT2D eigenvalue weighted by atomic mass is 17.0. The van der Waals surface area contributed by atoms with Gasteiger partial charge in [-0.25, -0.2) is 9.59 Å². The van der Waals surface area contributed by atoms with E-state index in [0.717, 1.165) is 0 Å². The van der Waals surface area contributed by atoms with Gasteiger partial charge in [0.05, 0.1) is 29.1 Å². The second-order valence-corrected chi connectivity index (χ2v) is 8.10. The lowest BCUT2D eigenvalue weighted by molar-refractivity contribution is -0.757. The lowest BCUT2D eigenvalue weighted by Crippen LogP contribution is -2.33. The molecule has 13 nitrogen and oxygen atoms in total. The van der Waals surface area contributed by atoms with Crippen molar-refractivity contribution in [2.24, 2.45) is 0 Å². The normalized spacial score (nSPS) is 14.9. The highest BCUT2D eigenvalue weighted by Crippen LogP contribution is 2.40. The first-order chi connectivity index (χ1) is 18.1. The van der Waals surface area contributed by atoms with Crippen LogP contribution in [0, 0.1) is 20.2 Å². The summed E-state index contributed by atoms with van der Waals surface area (Å²) in [4.78, 5) is 51.9. The molecule has 1 unspecified atom stereocenters. The highest BCUT2D eigenvalue weighted by molar-refractivity contribution is 6.00. The van der Waals surface area contributed by atoms with Crippen LogP contribution in [0.15, 0.2) is 71.1 Å². The molecule has 1 atom stereocenters. The number of carbonyl (C=O) groups excluding carboxylic acids is 2. The van der Waals surface area contributed by atoms with Crippen LogP contribution >= 0.6 is 0 Å². The second-order valence-electron chi connectivity index (χ2n) is 8.10. The molecular formula is C25H25N3O10. The van der Waals surface area contributed by atoms with E-state index in [9.17, 15) is 29.8 Å². The van der Waals surface area contributed by atoms with Crippen molar-refractivity contribution in [1.82, 2.24) is 5.32 Å². The fourth-order valence-electron chi connectivity index (χ4n) is 3.96. The van der Waals surface area contributed by atoms with Gasteiger partial charge in [-0.15, -0.1) is 10.1 Å². The van der Waals surface area contributed by atoms with E-state index in [2.05, 4.69) is 10.2 Å². The molecule has 0 fully saturated rings. The molecule has 38 heavy (non-hydrogen) atoms. The Labute approximate surface area is 216 Å². The van der Waals surface area contributed by atoms with E-state index in [1.165, 1.54) is 25.3 Å². The second kappa shape index (κ2) is 12.3. The molecule has 0 radical (unpaired) electrons. The molecule has 1 aliphatic heterocycles. The van der Waals surface area contributed by atoms with Gasteiger partial charge in [-0.3, -0.25) is 10.1 Å². The van der Waals surface area contributed by atoms with Gasteiger partial charge in [-0.1, -0.05) is 24.3 Å². The fourth-order valence-corrected chi connectivity index (χ4v) is 3.96. The third-order valence-corrected chi connectivity index (χ3v) is 5.66. The van der Waals surface area contributed by atoms with Gasteiger partial charge in [0.25, 0.3) is 10.8 Å². The van der Waals surface area contributed by atoms with E-state index < -0.39 is 41.1 Å². The van der Waals surface area contributed by atoms with Gasteiger partial charge in [0.15, 0.2) is 0 Å². The molecule has 0 bridgehead atoms. The molecule has 2 aromatic carbocycles. The summed E-state index contributed by atoms with van der Waals surface area (Å²) in [6, 6.07) is 12.4. The molecule has 0 aliphatic carbocycles. The zero-order valence-corrected chi connectivity index (χ0v) is 20.8. The molecule has 0 saturated heterocycles. The van der Waals surface area contributed by atoms with Crippen LogP contribution in [0.4, 0.5) is 5.69 Å². The van der Waals surface area contributed by atoms with Crippen LogP contribution in [-0.4, -0.2) is 42.3 Å². The van der Waals surface area contributed by atoms with Crippen molar-refractivity contribution < 1.29 is 38.6 Å². The van der Waals surface area contributed by atoms with Crippen LogP contribution in [0.1, 0.15) is 30.9 Å². The van der Waals surface area contributed by atoms with Crippen LogP contribution < -0.4 is 10.1 Å². The Kier molecular flexibility index (Phi) is 8.98. The molecule has 1 heterocycles. The summed E-state index contributed by atoms with van der Waals surface area (Å²) < 4.78 is 15.8. The van der Waals surface area contributed by atoms with Gasteiger partial charge >= 0.3 is 11.9 Å². The number of hydrogen-bond acceptors (Lipinski definition) is 11. The van der Waals surface area contributed by atoms with E-state index in [-0.39, 0.29) is 29.0 Å². The largest absolute Gasteiger partial charge is 0.497 e. The van der Waals surface area contributed by atoms with Gasteiger partial charge in [-0.2, -0.15) is 0 Å². The van der Waals surface area contributed by atoms with Crippen LogP contribution in [-0.2, 0) is 30.5 Å². The summed E-state index contributed by atoms with van der Waals surface area (Å²) in [6.07, 6.45) is 0. The maximum absolute atomic E-state index is 13.4. The van der Waals surface area contributed by atoms with E-state index >= 15 is 0 Å². The zero-order valence-electron chi connectivity index (χ0n) is 20.8. The minimum absolute atomic E-state index is 0.00593. The molecule has 3 rings (SSSR count). The van der Waals surface area contributed by atoms with Crippen molar-refractivity contribution in [3.8, 4) is 5.75 Å². The number of nitrogens with one attached hydrogen (secondary N) is 1. The molecule has 0 aromatic heterocycles. The van der Waals surface area contributed by atoms with Gasteiger partial charge in [-0.05, 0) is 37.1 Å². The molecule has 1 N–H and O–H groups in total. The number of rotatable bonds is 11. The zero-order chi connectivity index (χ0) is 27.8. The monoisotopic (exact) mass is 527 g/mol. The van der Waals surface area contributed by atoms with E-state index in [1.807, 2.05) is 0 Å². The van der Waals surface area contributed by atoms with Gasteiger partial charge in [0.2, 0.25) is 0 Å². The number of methoxy groups -OCH3 is 1. The first kappa shape index (κ1) is 27.6. The highest BCUT2D eigenvalue weighted by Gasteiger charge is 2.38. The number of esters is 2. The molecule has 0 saturated carbocycles. The van der Waals surface area contributed by atoms with Crippen molar-refractivity contribution in [3.05, 3.63) is 102 Å². The lowest BCUT2D eigenvalue weighted by Gasteiger charge is -2.30. The SMILES string of the molecule is COc1ccc(COC(=O)C2=C(C)NC(C)=C(C(=O)OCCO[N+](=O)[O-])C2c2cccc([N+](=O)[O-])c2)cc1. The van der Waals surface area contributed by atoms with Gasteiger partial charge in [0.1, 0.15) is 25.6 Å². The number of carbonyl (C=O) groups is 2. The first-order valence-corrected chi connectivity index (χ1v) is 11.3. The smallest absolute Gasteiger partial charge is 0.337 e. The summed E-state index contributed by atoms with van der Waals surface area (Å²) in [5.74, 6) is -2.08. The number of allylic oxidation sites excluding steroid dienone is 2. The third kappa shape index (κ3) is 6.63. The molecule has 1 aliphatic rings. The molecular weight excluding hydrogens is 502 g/mol. The van der Waals surface area contributed by atoms with Crippen molar-refractivity contribution in [3.63, 3.8) is 0 Å². The Hall–Kier alpha value is -4.94. The van der Waals surface area contributed by atoms with E-state index in [0.29, 0.717) is 22.7 Å². The summed E-state index contributed by atoms with van der Waals surface area (Å²) in [5, 5.41) is 23.8. The maximum atomic E-state index is 13.4. The summed E-state index contributed by atoms with van der Waals surface area (Å²) in [7, 11) is 1.53. The Morgan fingerprint density at radius 3 is 2.13 bits per heavy atom. The van der Waals surface area contributed by atoms with Crippen LogP contribution in [0.3, 0.4) is 0 Å².